The maximum absolute atomic E-state index is 12.7. The molecule has 5 heteroatoms. The van der Waals surface area contributed by atoms with Crippen LogP contribution in [0.3, 0.4) is 0 Å². The number of rotatable bonds is 7. The summed E-state index contributed by atoms with van der Waals surface area (Å²) in [7, 11) is 3.65. The second kappa shape index (κ2) is 8.10. The minimum absolute atomic E-state index is 0.0150. The minimum Gasteiger partial charge on any atom is -0.383 e. The number of methoxy groups -OCH3 is 1. The van der Waals surface area contributed by atoms with Gasteiger partial charge in [0.05, 0.1) is 25.8 Å². The lowest BCUT2D eigenvalue weighted by molar-refractivity contribution is -0.149. The Morgan fingerprint density at radius 3 is 2.71 bits per heavy atom. The summed E-state index contributed by atoms with van der Waals surface area (Å²) in [4.78, 5) is 16.7. The lowest BCUT2D eigenvalue weighted by Gasteiger charge is -2.39. The van der Waals surface area contributed by atoms with Gasteiger partial charge in [0.15, 0.2) is 0 Å². The summed E-state index contributed by atoms with van der Waals surface area (Å²) in [6.07, 6.45) is 2.61. The number of ether oxygens (including phenoxy) is 2. The van der Waals surface area contributed by atoms with Crippen LogP contribution in [-0.2, 0) is 14.3 Å². The third-order valence-electron chi connectivity index (χ3n) is 4.88. The van der Waals surface area contributed by atoms with Gasteiger partial charge in [-0.05, 0) is 31.4 Å². The van der Waals surface area contributed by atoms with Crippen LogP contribution in [0.15, 0.2) is 30.3 Å². The van der Waals surface area contributed by atoms with Crippen LogP contribution in [0, 0.1) is 5.92 Å². The molecule has 0 radical (unpaired) electrons. The van der Waals surface area contributed by atoms with Gasteiger partial charge in [0.1, 0.15) is 6.10 Å². The zero-order chi connectivity index (χ0) is 16.9. The van der Waals surface area contributed by atoms with E-state index in [0.29, 0.717) is 25.6 Å². The molecule has 2 aliphatic rings. The number of amides is 1. The molecule has 132 valence electrons. The normalized spacial score (nSPS) is 24.4. The highest BCUT2D eigenvalue weighted by Crippen LogP contribution is 2.39. The lowest BCUT2D eigenvalue weighted by atomic mass is 10.0. The van der Waals surface area contributed by atoms with Gasteiger partial charge in [-0.25, -0.2) is 0 Å². The molecule has 1 aliphatic heterocycles. The fourth-order valence-corrected chi connectivity index (χ4v) is 3.23. The van der Waals surface area contributed by atoms with Gasteiger partial charge in [0.2, 0.25) is 5.91 Å². The van der Waals surface area contributed by atoms with Crippen molar-refractivity contribution in [1.29, 1.82) is 0 Å². The highest BCUT2D eigenvalue weighted by Gasteiger charge is 2.40. The molecule has 3 rings (SSSR count). The summed E-state index contributed by atoms with van der Waals surface area (Å²) >= 11 is 0. The molecule has 1 heterocycles. The molecule has 1 aliphatic carbocycles. The molecule has 1 aromatic carbocycles. The van der Waals surface area contributed by atoms with E-state index in [1.807, 2.05) is 35.0 Å². The third kappa shape index (κ3) is 4.56. The lowest BCUT2D eigenvalue weighted by Crippen LogP contribution is -2.50. The Morgan fingerprint density at radius 1 is 1.29 bits per heavy atom. The molecular formula is C19H28N2O3. The van der Waals surface area contributed by atoms with E-state index in [0.717, 1.165) is 18.7 Å². The Labute approximate surface area is 144 Å². The van der Waals surface area contributed by atoms with E-state index >= 15 is 0 Å². The fraction of sp³-hybridized carbons (Fsp3) is 0.632. The zero-order valence-corrected chi connectivity index (χ0v) is 14.7. The van der Waals surface area contributed by atoms with E-state index in [9.17, 15) is 4.79 Å². The largest absolute Gasteiger partial charge is 0.383 e. The van der Waals surface area contributed by atoms with Crippen LogP contribution in [0.1, 0.15) is 24.5 Å². The predicted molar refractivity (Wildman–Crippen MR) is 92.7 cm³/mol. The monoisotopic (exact) mass is 332 g/mol. The quantitative estimate of drug-likeness (QED) is 0.765. The number of nitrogens with zero attached hydrogens (tertiary/aromatic N) is 2. The van der Waals surface area contributed by atoms with E-state index in [2.05, 4.69) is 12.1 Å². The maximum Gasteiger partial charge on any atom is 0.236 e. The van der Waals surface area contributed by atoms with E-state index in [1.54, 1.807) is 7.11 Å². The Bertz CT molecular complexity index is 533. The van der Waals surface area contributed by atoms with Crippen molar-refractivity contribution in [2.24, 2.45) is 5.92 Å². The molecule has 2 fully saturated rings. The van der Waals surface area contributed by atoms with E-state index in [1.165, 1.54) is 12.8 Å². The molecule has 0 spiro atoms. The molecular weight excluding hydrogens is 304 g/mol. The number of hydrogen-bond donors (Lipinski definition) is 0. The average Bonchev–Trinajstić information content (AvgIpc) is 3.45. The van der Waals surface area contributed by atoms with Crippen molar-refractivity contribution in [1.82, 2.24) is 9.80 Å². The molecule has 1 saturated carbocycles. The average molecular weight is 332 g/mol. The molecule has 0 N–H and O–H groups in total. The fourth-order valence-electron chi connectivity index (χ4n) is 3.23. The van der Waals surface area contributed by atoms with Crippen molar-refractivity contribution in [3.8, 4) is 0 Å². The predicted octanol–water partition coefficient (Wildman–Crippen LogP) is 1.94. The standard InChI is InChI=1S/C19H28N2O3/c1-20(10-11-23-2)14-19(22)21-12-17(15-6-4-3-5-7-15)24-18(13-21)16-8-9-16/h3-7,16-18H,8-14H2,1-2H3/t17-,18+/m0/s1. The van der Waals surface area contributed by atoms with Gasteiger partial charge >= 0.3 is 0 Å². The van der Waals surface area contributed by atoms with Crippen molar-refractivity contribution in [2.45, 2.75) is 25.0 Å². The van der Waals surface area contributed by atoms with Crippen molar-refractivity contribution in [3.63, 3.8) is 0 Å². The first kappa shape index (κ1) is 17.4. The summed E-state index contributed by atoms with van der Waals surface area (Å²) in [5.41, 5.74) is 1.16. The number of carbonyl (C=O) groups is 1. The zero-order valence-electron chi connectivity index (χ0n) is 14.7. The summed E-state index contributed by atoms with van der Waals surface area (Å²) in [6.45, 7) is 3.21. The first-order valence-electron chi connectivity index (χ1n) is 8.83. The van der Waals surface area contributed by atoms with Crippen LogP contribution >= 0.6 is 0 Å². The molecule has 0 aromatic heterocycles. The Balaban J connectivity index is 1.64. The smallest absolute Gasteiger partial charge is 0.236 e. The molecule has 0 unspecified atom stereocenters. The first-order chi connectivity index (χ1) is 11.7. The van der Waals surface area contributed by atoms with Crippen molar-refractivity contribution in [2.75, 3.05) is 46.9 Å². The highest BCUT2D eigenvalue weighted by molar-refractivity contribution is 5.78. The number of likely N-dealkylation sites (N-methyl/N-ethyl adjacent to an activating group) is 1. The Morgan fingerprint density at radius 2 is 2.04 bits per heavy atom. The summed E-state index contributed by atoms with van der Waals surface area (Å²) < 4.78 is 11.4. The van der Waals surface area contributed by atoms with Gasteiger partial charge in [-0.3, -0.25) is 9.69 Å². The number of carbonyl (C=O) groups excluding carboxylic acids is 1. The van der Waals surface area contributed by atoms with Gasteiger partial charge in [-0.2, -0.15) is 0 Å². The summed E-state index contributed by atoms with van der Waals surface area (Å²) in [5, 5.41) is 0. The number of benzene rings is 1. The Hall–Kier alpha value is -1.43. The van der Waals surface area contributed by atoms with E-state index in [-0.39, 0.29) is 18.1 Å². The second-order valence-corrected chi connectivity index (χ2v) is 6.94. The molecule has 5 nitrogen and oxygen atoms in total. The first-order valence-corrected chi connectivity index (χ1v) is 8.83. The van der Waals surface area contributed by atoms with Gasteiger partial charge in [0, 0.05) is 20.2 Å². The van der Waals surface area contributed by atoms with Crippen LogP contribution in [0.4, 0.5) is 0 Å². The topological polar surface area (TPSA) is 42.0 Å². The Kier molecular flexibility index (Phi) is 5.87. The van der Waals surface area contributed by atoms with Crippen molar-refractivity contribution < 1.29 is 14.3 Å². The molecule has 24 heavy (non-hydrogen) atoms. The SMILES string of the molecule is COCCN(C)CC(=O)N1C[C@@H](c2ccccc2)O[C@@H](C2CC2)C1. The molecule has 0 bridgehead atoms. The maximum atomic E-state index is 12.7. The van der Waals surface area contributed by atoms with Crippen LogP contribution in [0.25, 0.3) is 0 Å². The van der Waals surface area contributed by atoms with Crippen LogP contribution in [0.5, 0.6) is 0 Å². The van der Waals surface area contributed by atoms with Crippen LogP contribution < -0.4 is 0 Å². The van der Waals surface area contributed by atoms with Gasteiger partial charge in [-0.15, -0.1) is 0 Å². The minimum atomic E-state index is -0.0150. The van der Waals surface area contributed by atoms with Crippen LogP contribution in [0.2, 0.25) is 0 Å². The third-order valence-corrected chi connectivity index (χ3v) is 4.88. The van der Waals surface area contributed by atoms with Gasteiger partial charge in [0.25, 0.3) is 0 Å². The molecule has 1 aromatic rings. The molecule has 1 amide bonds. The number of hydrogen-bond acceptors (Lipinski definition) is 4. The summed E-state index contributed by atoms with van der Waals surface area (Å²) in [5.74, 6) is 0.807. The van der Waals surface area contributed by atoms with Crippen molar-refractivity contribution in [3.05, 3.63) is 35.9 Å². The molecule has 2 atom stereocenters. The second-order valence-electron chi connectivity index (χ2n) is 6.94. The highest BCUT2D eigenvalue weighted by atomic mass is 16.5. The van der Waals surface area contributed by atoms with Crippen LogP contribution in [-0.4, -0.2) is 68.8 Å². The van der Waals surface area contributed by atoms with E-state index < -0.39 is 0 Å². The molecule has 1 saturated heterocycles. The number of morpholine rings is 1. The summed E-state index contributed by atoms with van der Waals surface area (Å²) in [6, 6.07) is 10.3. The van der Waals surface area contributed by atoms with E-state index in [4.69, 9.17) is 9.47 Å². The van der Waals surface area contributed by atoms with Crippen molar-refractivity contribution >= 4 is 5.91 Å². The van der Waals surface area contributed by atoms with Gasteiger partial charge < -0.3 is 14.4 Å². The van der Waals surface area contributed by atoms with Gasteiger partial charge in [-0.1, -0.05) is 30.3 Å².